The summed E-state index contributed by atoms with van der Waals surface area (Å²) in [4.78, 5) is 24.0. The van der Waals surface area contributed by atoms with Gasteiger partial charge in [-0.05, 0) is 42.8 Å². The summed E-state index contributed by atoms with van der Waals surface area (Å²) in [5.74, 6) is -2.44. The number of methoxy groups -OCH3 is 1. The van der Waals surface area contributed by atoms with Gasteiger partial charge in [-0.3, -0.25) is 4.79 Å². The molecule has 156 valence electrons. The Morgan fingerprint density at radius 1 is 1.20 bits per heavy atom. The van der Waals surface area contributed by atoms with Crippen LogP contribution in [0.5, 0.6) is 11.5 Å². The van der Waals surface area contributed by atoms with E-state index in [-0.39, 0.29) is 12.3 Å². The number of carbonyl (C=O) groups is 2. The Kier molecular flexibility index (Phi) is 7.88. The lowest BCUT2D eigenvalue weighted by molar-refractivity contribution is -0.148. The number of ether oxygens (including phenoxy) is 3. The Labute approximate surface area is 171 Å². The molecule has 0 spiro atoms. The molecule has 2 aromatic rings. The van der Waals surface area contributed by atoms with E-state index in [1.165, 1.54) is 20.1 Å². The van der Waals surface area contributed by atoms with Crippen LogP contribution in [0.1, 0.15) is 12.5 Å². The van der Waals surface area contributed by atoms with Gasteiger partial charge in [0.1, 0.15) is 17.7 Å². The lowest BCUT2D eigenvalue weighted by Gasteiger charge is -2.13. The van der Waals surface area contributed by atoms with Crippen LogP contribution in [0.15, 0.2) is 42.5 Å². The molecule has 0 aromatic heterocycles. The average molecular weight is 416 g/mol. The Morgan fingerprint density at radius 2 is 1.97 bits per heavy atom. The van der Waals surface area contributed by atoms with E-state index in [9.17, 15) is 18.4 Å². The highest BCUT2D eigenvalue weighted by Gasteiger charge is 2.18. The Morgan fingerprint density at radius 3 is 2.67 bits per heavy atom. The Bertz CT molecular complexity index is 1000. The van der Waals surface area contributed by atoms with E-state index in [0.29, 0.717) is 17.1 Å². The van der Waals surface area contributed by atoms with Crippen molar-refractivity contribution in [2.45, 2.75) is 13.0 Å². The van der Waals surface area contributed by atoms with Gasteiger partial charge in [0, 0.05) is 12.1 Å². The van der Waals surface area contributed by atoms with Gasteiger partial charge in [-0.15, -0.1) is 0 Å². The molecule has 30 heavy (non-hydrogen) atoms. The number of amides is 1. The number of benzene rings is 2. The van der Waals surface area contributed by atoms with Gasteiger partial charge in [0.05, 0.1) is 12.8 Å². The maximum Gasteiger partial charge on any atom is 0.331 e. The number of esters is 1. The van der Waals surface area contributed by atoms with E-state index in [2.05, 4.69) is 5.32 Å². The first kappa shape index (κ1) is 22.4. The average Bonchev–Trinajstić information content (AvgIpc) is 2.73. The van der Waals surface area contributed by atoms with Crippen molar-refractivity contribution in [1.29, 1.82) is 5.26 Å². The van der Waals surface area contributed by atoms with E-state index < -0.39 is 29.6 Å². The fourth-order valence-electron chi connectivity index (χ4n) is 2.28. The molecule has 1 unspecified atom stereocenters. The lowest BCUT2D eigenvalue weighted by atomic mass is 10.2. The number of anilines is 1. The van der Waals surface area contributed by atoms with Crippen molar-refractivity contribution >= 4 is 23.6 Å². The molecule has 1 N–H and O–H groups in total. The van der Waals surface area contributed by atoms with Crippen molar-refractivity contribution in [2.24, 2.45) is 0 Å². The number of nitriles is 1. The second-order valence-corrected chi connectivity index (χ2v) is 5.88. The molecule has 2 rings (SSSR count). The first-order valence-electron chi connectivity index (χ1n) is 8.66. The number of nitrogens with zero attached hydrogens (tertiary/aromatic N) is 1. The van der Waals surface area contributed by atoms with Crippen LogP contribution in [-0.4, -0.2) is 31.7 Å². The molecular formula is C21H18F2N2O5. The molecule has 0 saturated carbocycles. The number of carbonyl (C=O) groups excluding carboxylic acids is 2. The molecule has 1 amide bonds. The van der Waals surface area contributed by atoms with Gasteiger partial charge in [0.15, 0.2) is 24.2 Å². The van der Waals surface area contributed by atoms with E-state index in [0.717, 1.165) is 24.3 Å². The zero-order valence-electron chi connectivity index (χ0n) is 16.1. The van der Waals surface area contributed by atoms with Gasteiger partial charge >= 0.3 is 5.97 Å². The van der Waals surface area contributed by atoms with Gasteiger partial charge in [-0.2, -0.15) is 5.26 Å². The summed E-state index contributed by atoms with van der Waals surface area (Å²) < 4.78 is 42.1. The summed E-state index contributed by atoms with van der Waals surface area (Å²) in [5.41, 5.74) is 0.219. The molecule has 7 nitrogen and oxygen atoms in total. The fraction of sp³-hybridized carbons (Fsp3) is 0.190. The minimum absolute atomic E-state index is 0.142. The van der Waals surface area contributed by atoms with Crippen LogP contribution in [0, 0.1) is 23.0 Å². The van der Waals surface area contributed by atoms with Crippen LogP contribution in [0.2, 0.25) is 0 Å². The van der Waals surface area contributed by atoms with Crippen molar-refractivity contribution in [3.05, 3.63) is 59.7 Å². The Balaban J connectivity index is 1.97. The molecular weight excluding hydrogens is 398 g/mol. The largest absolute Gasteiger partial charge is 0.493 e. The molecule has 0 bridgehead atoms. The number of rotatable bonds is 8. The van der Waals surface area contributed by atoms with Crippen LogP contribution in [-0.2, 0) is 14.3 Å². The van der Waals surface area contributed by atoms with Crippen molar-refractivity contribution in [1.82, 2.24) is 0 Å². The van der Waals surface area contributed by atoms with Crippen molar-refractivity contribution in [3.63, 3.8) is 0 Å². The molecule has 0 radical (unpaired) electrons. The number of halogens is 2. The van der Waals surface area contributed by atoms with Gasteiger partial charge in [0.25, 0.3) is 5.91 Å². The molecule has 0 saturated heterocycles. The molecule has 0 aliphatic carbocycles. The molecule has 2 aromatic carbocycles. The van der Waals surface area contributed by atoms with Gasteiger partial charge < -0.3 is 19.5 Å². The van der Waals surface area contributed by atoms with Crippen LogP contribution in [0.3, 0.4) is 0 Å². The topological polar surface area (TPSA) is 97.7 Å². The Hall–Kier alpha value is -3.93. The predicted molar refractivity (Wildman–Crippen MR) is 104 cm³/mol. The SMILES string of the molecule is COc1cc(/C=C/C(=O)OC(C)C(=O)Nc2cc(F)ccc2F)ccc1OCC#N. The highest BCUT2D eigenvalue weighted by molar-refractivity contribution is 5.96. The normalized spacial score (nSPS) is 11.4. The summed E-state index contributed by atoms with van der Waals surface area (Å²) in [6, 6.07) is 9.23. The van der Waals surface area contributed by atoms with Gasteiger partial charge in [-0.1, -0.05) is 6.07 Å². The second-order valence-electron chi connectivity index (χ2n) is 5.88. The molecule has 0 heterocycles. The van der Waals surface area contributed by atoms with Crippen LogP contribution >= 0.6 is 0 Å². The third kappa shape index (κ3) is 6.31. The minimum Gasteiger partial charge on any atom is -0.493 e. The van der Waals surface area contributed by atoms with Crippen molar-refractivity contribution in [2.75, 3.05) is 19.0 Å². The van der Waals surface area contributed by atoms with E-state index >= 15 is 0 Å². The standard InChI is InChI=1S/C21H18F2N2O5/c1-13(21(27)25-17-12-15(22)5-6-16(17)23)30-20(26)8-4-14-3-7-18(29-10-9-24)19(11-14)28-2/h3-8,11-13H,10H2,1-2H3,(H,25,27)/b8-4+. The fourth-order valence-corrected chi connectivity index (χ4v) is 2.28. The summed E-state index contributed by atoms with van der Waals surface area (Å²) in [6.45, 7) is 1.15. The monoisotopic (exact) mass is 416 g/mol. The molecule has 0 fully saturated rings. The zero-order valence-corrected chi connectivity index (χ0v) is 16.1. The van der Waals surface area contributed by atoms with Crippen LogP contribution < -0.4 is 14.8 Å². The summed E-state index contributed by atoms with van der Waals surface area (Å²) in [6.07, 6.45) is 1.27. The molecule has 0 aliphatic heterocycles. The first-order valence-corrected chi connectivity index (χ1v) is 8.66. The number of hydrogen-bond acceptors (Lipinski definition) is 6. The zero-order chi connectivity index (χ0) is 22.1. The van der Waals surface area contributed by atoms with Crippen LogP contribution in [0.4, 0.5) is 14.5 Å². The first-order chi connectivity index (χ1) is 14.3. The van der Waals surface area contributed by atoms with Crippen LogP contribution in [0.25, 0.3) is 6.08 Å². The summed E-state index contributed by atoms with van der Waals surface area (Å²) in [7, 11) is 1.43. The predicted octanol–water partition coefficient (Wildman–Crippen LogP) is 3.46. The van der Waals surface area contributed by atoms with Gasteiger partial charge in [-0.25, -0.2) is 13.6 Å². The molecule has 1 atom stereocenters. The maximum absolute atomic E-state index is 13.6. The highest BCUT2D eigenvalue weighted by Crippen LogP contribution is 2.28. The maximum atomic E-state index is 13.6. The van der Waals surface area contributed by atoms with E-state index in [1.807, 2.05) is 6.07 Å². The summed E-state index contributed by atoms with van der Waals surface area (Å²) in [5, 5.41) is 10.7. The third-order valence-corrected chi connectivity index (χ3v) is 3.74. The second kappa shape index (κ2) is 10.6. The minimum atomic E-state index is -1.25. The highest BCUT2D eigenvalue weighted by atomic mass is 19.1. The lowest BCUT2D eigenvalue weighted by Crippen LogP contribution is -2.29. The third-order valence-electron chi connectivity index (χ3n) is 3.74. The summed E-state index contributed by atoms with van der Waals surface area (Å²) >= 11 is 0. The number of nitrogens with one attached hydrogen (secondary N) is 1. The van der Waals surface area contributed by atoms with E-state index in [4.69, 9.17) is 19.5 Å². The van der Waals surface area contributed by atoms with Gasteiger partial charge in [0.2, 0.25) is 0 Å². The smallest absolute Gasteiger partial charge is 0.331 e. The van der Waals surface area contributed by atoms with E-state index in [1.54, 1.807) is 18.2 Å². The number of hydrogen-bond donors (Lipinski definition) is 1. The quantitative estimate of drug-likeness (QED) is 0.523. The van der Waals surface area contributed by atoms with Crippen molar-refractivity contribution < 1.29 is 32.6 Å². The van der Waals surface area contributed by atoms with Crippen molar-refractivity contribution in [3.8, 4) is 17.6 Å². The molecule has 9 heteroatoms. The molecule has 0 aliphatic rings.